The fourth-order valence-corrected chi connectivity index (χ4v) is 3.06. The monoisotopic (exact) mass is 459 g/mol. The Hall–Kier alpha value is -0.690. The summed E-state index contributed by atoms with van der Waals surface area (Å²) in [7, 11) is 0. The minimum absolute atomic E-state index is 0.763. The third-order valence-corrected chi connectivity index (χ3v) is 4.73. The van der Waals surface area contributed by atoms with Gasteiger partial charge in [-0.1, -0.05) is 41.4 Å². The van der Waals surface area contributed by atoms with Crippen molar-refractivity contribution in [2.45, 2.75) is 33.1 Å². The van der Waals surface area contributed by atoms with Crippen molar-refractivity contribution < 1.29 is 0 Å². The highest BCUT2D eigenvalue weighted by Crippen LogP contribution is 2.22. The average molecular weight is 460 g/mol. The molecule has 0 fully saturated rings. The largest absolute Gasteiger partial charge is 0.369 e. The lowest BCUT2D eigenvalue weighted by atomic mass is 10.1. The summed E-state index contributed by atoms with van der Waals surface area (Å²) in [4.78, 5) is 9.43. The van der Waals surface area contributed by atoms with Crippen LogP contribution in [0.15, 0.2) is 28.7 Å². The van der Waals surface area contributed by atoms with Gasteiger partial charge in [0.05, 0.1) is 9.26 Å². The fraction of sp³-hybridized carbons (Fsp3) is 0.375. The summed E-state index contributed by atoms with van der Waals surface area (Å²) in [5.74, 6) is 1.85. The molecule has 0 amide bonds. The van der Waals surface area contributed by atoms with E-state index in [0.717, 1.165) is 51.2 Å². The maximum absolute atomic E-state index is 4.75. The molecule has 1 heterocycles. The first-order chi connectivity index (χ1) is 10.1. The second kappa shape index (κ2) is 8.08. The Morgan fingerprint density at radius 1 is 1.14 bits per heavy atom. The lowest BCUT2D eigenvalue weighted by Crippen LogP contribution is -2.10. The average Bonchev–Trinajstić information content (AvgIpc) is 2.47. The minimum Gasteiger partial charge on any atom is -0.369 e. The standard InChI is InChI=1S/C16H19BrIN3/c1-3-5-13-15(18)16(19-4-2)21-14(20-13)10-11-6-8-12(17)9-7-11/h6-9H,3-5,10H2,1-2H3,(H,19,20,21). The molecule has 0 atom stereocenters. The van der Waals surface area contributed by atoms with E-state index < -0.39 is 0 Å². The van der Waals surface area contributed by atoms with Gasteiger partial charge in [-0.05, 0) is 53.6 Å². The molecule has 0 radical (unpaired) electrons. The summed E-state index contributed by atoms with van der Waals surface area (Å²) in [5, 5.41) is 3.34. The first-order valence-corrected chi connectivity index (χ1v) is 9.04. The maximum Gasteiger partial charge on any atom is 0.143 e. The van der Waals surface area contributed by atoms with Gasteiger partial charge in [-0.3, -0.25) is 0 Å². The number of halogens is 2. The highest BCUT2D eigenvalue weighted by molar-refractivity contribution is 14.1. The van der Waals surface area contributed by atoms with E-state index in [1.807, 2.05) is 0 Å². The zero-order valence-electron chi connectivity index (χ0n) is 12.3. The second-order valence-corrected chi connectivity index (χ2v) is 6.83. The molecule has 2 rings (SSSR count). The summed E-state index contributed by atoms with van der Waals surface area (Å²) >= 11 is 5.81. The molecule has 0 saturated heterocycles. The minimum atomic E-state index is 0.763. The van der Waals surface area contributed by atoms with Crippen LogP contribution in [0.5, 0.6) is 0 Å². The van der Waals surface area contributed by atoms with Crippen molar-refractivity contribution >= 4 is 44.3 Å². The van der Waals surface area contributed by atoms with Gasteiger partial charge in [-0.2, -0.15) is 0 Å². The SMILES string of the molecule is CCCc1nc(Cc2ccc(Br)cc2)nc(NCC)c1I. The molecule has 0 aliphatic heterocycles. The number of anilines is 1. The quantitative estimate of drug-likeness (QED) is 0.629. The number of rotatable bonds is 6. The number of aromatic nitrogens is 2. The molecule has 0 bridgehead atoms. The van der Waals surface area contributed by atoms with Crippen LogP contribution in [0.4, 0.5) is 5.82 Å². The molecular weight excluding hydrogens is 441 g/mol. The number of aryl methyl sites for hydroxylation is 1. The Morgan fingerprint density at radius 2 is 1.86 bits per heavy atom. The van der Waals surface area contributed by atoms with Crippen LogP contribution in [-0.2, 0) is 12.8 Å². The normalized spacial score (nSPS) is 10.7. The van der Waals surface area contributed by atoms with Crippen LogP contribution in [-0.4, -0.2) is 16.5 Å². The molecule has 0 unspecified atom stereocenters. The molecule has 0 aliphatic rings. The van der Waals surface area contributed by atoms with Crippen molar-refractivity contribution in [3.63, 3.8) is 0 Å². The van der Waals surface area contributed by atoms with Crippen LogP contribution in [0, 0.1) is 3.57 Å². The van der Waals surface area contributed by atoms with Gasteiger partial charge in [0, 0.05) is 17.4 Å². The lowest BCUT2D eigenvalue weighted by Gasteiger charge is -2.12. The van der Waals surface area contributed by atoms with Crippen molar-refractivity contribution in [3.05, 3.63) is 49.4 Å². The second-order valence-electron chi connectivity index (χ2n) is 4.83. The zero-order chi connectivity index (χ0) is 15.2. The summed E-state index contributed by atoms with van der Waals surface area (Å²) in [6, 6.07) is 8.33. The first kappa shape index (κ1) is 16.7. The molecule has 1 aromatic carbocycles. The molecule has 21 heavy (non-hydrogen) atoms. The topological polar surface area (TPSA) is 37.8 Å². The van der Waals surface area contributed by atoms with E-state index >= 15 is 0 Å². The van der Waals surface area contributed by atoms with Gasteiger partial charge in [0.15, 0.2) is 0 Å². The van der Waals surface area contributed by atoms with E-state index in [0.29, 0.717) is 0 Å². The van der Waals surface area contributed by atoms with Crippen LogP contribution in [0.25, 0.3) is 0 Å². The van der Waals surface area contributed by atoms with Crippen molar-refractivity contribution in [3.8, 4) is 0 Å². The van der Waals surface area contributed by atoms with Gasteiger partial charge in [0.2, 0.25) is 0 Å². The van der Waals surface area contributed by atoms with E-state index in [9.17, 15) is 0 Å². The van der Waals surface area contributed by atoms with E-state index in [-0.39, 0.29) is 0 Å². The van der Waals surface area contributed by atoms with Crippen LogP contribution < -0.4 is 5.32 Å². The van der Waals surface area contributed by atoms with Gasteiger partial charge < -0.3 is 5.32 Å². The van der Waals surface area contributed by atoms with Crippen LogP contribution in [0.1, 0.15) is 37.4 Å². The number of benzene rings is 1. The number of nitrogens with one attached hydrogen (secondary N) is 1. The van der Waals surface area contributed by atoms with E-state index in [1.165, 1.54) is 5.56 Å². The Balaban J connectivity index is 2.31. The van der Waals surface area contributed by atoms with Gasteiger partial charge >= 0.3 is 0 Å². The fourth-order valence-electron chi connectivity index (χ4n) is 2.10. The van der Waals surface area contributed by atoms with Crippen molar-refractivity contribution in [1.82, 2.24) is 9.97 Å². The predicted octanol–water partition coefficient (Wildman–Crippen LogP) is 4.82. The Labute approximate surface area is 148 Å². The highest BCUT2D eigenvalue weighted by Gasteiger charge is 2.11. The number of hydrogen-bond acceptors (Lipinski definition) is 3. The van der Waals surface area contributed by atoms with Crippen LogP contribution in [0.2, 0.25) is 0 Å². The number of nitrogens with zero attached hydrogens (tertiary/aromatic N) is 2. The summed E-state index contributed by atoms with van der Waals surface area (Å²) in [5.41, 5.74) is 2.38. The van der Waals surface area contributed by atoms with Gasteiger partial charge in [0.1, 0.15) is 11.6 Å². The third-order valence-electron chi connectivity index (χ3n) is 3.07. The zero-order valence-corrected chi connectivity index (χ0v) is 16.0. The van der Waals surface area contributed by atoms with E-state index in [2.05, 4.69) is 86.9 Å². The summed E-state index contributed by atoms with van der Waals surface area (Å²) in [6.45, 7) is 5.14. The molecule has 0 spiro atoms. The van der Waals surface area contributed by atoms with Crippen molar-refractivity contribution in [2.75, 3.05) is 11.9 Å². The molecule has 112 valence electrons. The van der Waals surface area contributed by atoms with E-state index in [1.54, 1.807) is 0 Å². The Bertz CT molecular complexity index is 572. The molecular formula is C16H19BrIN3. The maximum atomic E-state index is 4.75. The number of hydrogen-bond donors (Lipinski definition) is 1. The first-order valence-electron chi connectivity index (χ1n) is 7.17. The molecule has 5 heteroatoms. The van der Waals surface area contributed by atoms with Crippen molar-refractivity contribution in [2.24, 2.45) is 0 Å². The molecule has 2 aromatic rings. The van der Waals surface area contributed by atoms with Gasteiger partial charge in [-0.25, -0.2) is 9.97 Å². The van der Waals surface area contributed by atoms with Gasteiger partial charge in [-0.15, -0.1) is 0 Å². The van der Waals surface area contributed by atoms with Crippen molar-refractivity contribution in [1.29, 1.82) is 0 Å². The summed E-state index contributed by atoms with van der Waals surface area (Å²) < 4.78 is 2.24. The molecule has 3 nitrogen and oxygen atoms in total. The van der Waals surface area contributed by atoms with Crippen LogP contribution in [0.3, 0.4) is 0 Å². The third kappa shape index (κ3) is 4.64. The van der Waals surface area contributed by atoms with Gasteiger partial charge in [0.25, 0.3) is 0 Å². The Kier molecular flexibility index (Phi) is 6.41. The molecule has 1 aromatic heterocycles. The predicted molar refractivity (Wildman–Crippen MR) is 99.9 cm³/mol. The molecule has 0 saturated carbocycles. The van der Waals surface area contributed by atoms with Crippen LogP contribution >= 0.6 is 38.5 Å². The summed E-state index contributed by atoms with van der Waals surface area (Å²) in [6.07, 6.45) is 2.85. The molecule has 1 N–H and O–H groups in total. The highest BCUT2D eigenvalue weighted by atomic mass is 127. The molecule has 0 aliphatic carbocycles. The Morgan fingerprint density at radius 3 is 2.48 bits per heavy atom. The smallest absolute Gasteiger partial charge is 0.143 e. The lowest BCUT2D eigenvalue weighted by molar-refractivity contribution is 0.833. The van der Waals surface area contributed by atoms with E-state index in [4.69, 9.17) is 4.98 Å².